The van der Waals surface area contributed by atoms with Crippen LogP contribution in [0.1, 0.15) is 25.0 Å². The first-order chi connectivity index (χ1) is 21.6. The predicted molar refractivity (Wildman–Crippen MR) is 185 cm³/mol. The Morgan fingerprint density at radius 3 is 2.14 bits per heavy atom. The Morgan fingerprint density at radius 1 is 0.500 bits per heavy atom. The Kier molecular flexibility index (Phi) is 5.28. The first kappa shape index (κ1) is 25.1. The molecule has 8 aromatic rings. The Labute approximate surface area is 256 Å². The third-order valence-corrected chi connectivity index (χ3v) is 9.60. The van der Waals surface area contributed by atoms with Gasteiger partial charge in [0.25, 0.3) is 0 Å². The number of rotatable bonds is 3. The van der Waals surface area contributed by atoms with E-state index in [9.17, 15) is 0 Å². The fourth-order valence-corrected chi connectivity index (χ4v) is 7.39. The molecular weight excluding hydrogens is 532 g/mol. The molecule has 2 nitrogen and oxygen atoms in total. The van der Waals surface area contributed by atoms with Crippen LogP contribution < -0.4 is 0 Å². The summed E-state index contributed by atoms with van der Waals surface area (Å²) in [4.78, 5) is 4.80. The van der Waals surface area contributed by atoms with E-state index in [2.05, 4.69) is 158 Å². The van der Waals surface area contributed by atoms with E-state index in [1.54, 1.807) is 0 Å². The van der Waals surface area contributed by atoms with Gasteiger partial charge in [0.1, 0.15) is 0 Å². The molecule has 1 aliphatic rings. The van der Waals surface area contributed by atoms with Gasteiger partial charge < -0.3 is 4.57 Å². The normalized spacial score (nSPS) is 13.4. The van der Waals surface area contributed by atoms with Crippen molar-refractivity contribution in [2.24, 2.45) is 0 Å². The minimum Gasteiger partial charge on any atom is -0.309 e. The molecule has 0 aliphatic carbocycles. The number of pyridine rings is 1. The van der Waals surface area contributed by atoms with E-state index in [1.165, 1.54) is 71.6 Å². The summed E-state index contributed by atoms with van der Waals surface area (Å²) in [5.41, 5.74) is 13.5. The van der Waals surface area contributed by atoms with Gasteiger partial charge in [0, 0.05) is 33.3 Å². The second-order valence-corrected chi connectivity index (χ2v) is 12.5. The lowest BCUT2D eigenvalue weighted by Crippen LogP contribution is -2.26. The summed E-state index contributed by atoms with van der Waals surface area (Å²) < 4.78 is 2.50. The summed E-state index contributed by atoms with van der Waals surface area (Å²) in [5, 5.41) is 4.95. The number of benzene rings is 6. The van der Waals surface area contributed by atoms with Crippen LogP contribution in [0.3, 0.4) is 0 Å². The second kappa shape index (κ2) is 9.26. The van der Waals surface area contributed by atoms with Gasteiger partial charge in [0.2, 0.25) is 0 Å². The molecule has 0 N–H and O–H groups in total. The Hall–Kier alpha value is -5.47. The fraction of sp³-hybridized carbons (Fsp3) is 0.0714. The molecule has 0 saturated heterocycles. The molecule has 9 rings (SSSR count). The molecule has 3 heterocycles. The Morgan fingerprint density at radius 2 is 1.23 bits per heavy atom. The number of aromatic nitrogens is 2. The Balaban J connectivity index is 1.31. The highest BCUT2D eigenvalue weighted by Crippen LogP contribution is 2.49. The molecule has 0 amide bonds. The number of fused-ring (bicyclic) bond motifs is 6. The zero-order chi connectivity index (χ0) is 29.4. The standard InChI is InChI=1S/C42H30N2/c1-42(2)36-17-8-9-18-39(36)44-38-20-19-30(24-34(38)35-25-32(26-37(42)41(35)44)27-11-4-3-5-12-27)29-14-10-15-31(23-29)40-33-16-7-6-13-28(33)21-22-43-40/h3-26H,1-2H3. The molecule has 208 valence electrons. The van der Waals surface area contributed by atoms with Crippen molar-refractivity contribution in [1.82, 2.24) is 9.55 Å². The molecule has 0 fully saturated rings. The highest BCUT2D eigenvalue weighted by molar-refractivity contribution is 6.14. The lowest BCUT2D eigenvalue weighted by Gasteiger charge is -2.35. The third-order valence-electron chi connectivity index (χ3n) is 9.60. The van der Waals surface area contributed by atoms with E-state index in [0.29, 0.717) is 0 Å². The van der Waals surface area contributed by atoms with Crippen molar-refractivity contribution in [3.8, 4) is 39.2 Å². The molecular formula is C42H30N2. The van der Waals surface area contributed by atoms with Crippen LogP contribution in [0.25, 0.3) is 71.8 Å². The first-order valence-corrected chi connectivity index (χ1v) is 15.3. The summed E-state index contributed by atoms with van der Waals surface area (Å²) in [6, 6.07) is 50.9. The van der Waals surface area contributed by atoms with E-state index in [1.807, 2.05) is 6.20 Å². The summed E-state index contributed by atoms with van der Waals surface area (Å²) in [7, 11) is 0. The van der Waals surface area contributed by atoms with Crippen LogP contribution in [0.2, 0.25) is 0 Å². The average molecular weight is 563 g/mol. The van der Waals surface area contributed by atoms with Gasteiger partial charge in [0.05, 0.1) is 22.4 Å². The van der Waals surface area contributed by atoms with Gasteiger partial charge in [-0.25, -0.2) is 0 Å². The monoisotopic (exact) mass is 562 g/mol. The van der Waals surface area contributed by atoms with Gasteiger partial charge in [-0.2, -0.15) is 0 Å². The number of para-hydroxylation sites is 1. The summed E-state index contributed by atoms with van der Waals surface area (Å²) in [6.45, 7) is 4.74. The molecule has 0 saturated carbocycles. The molecule has 0 unspecified atom stereocenters. The number of hydrogen-bond donors (Lipinski definition) is 0. The zero-order valence-electron chi connectivity index (χ0n) is 24.8. The fourth-order valence-electron chi connectivity index (χ4n) is 7.39. The van der Waals surface area contributed by atoms with Crippen LogP contribution >= 0.6 is 0 Å². The van der Waals surface area contributed by atoms with E-state index < -0.39 is 0 Å². The van der Waals surface area contributed by atoms with Gasteiger partial charge in [-0.3, -0.25) is 4.98 Å². The zero-order valence-corrected chi connectivity index (χ0v) is 24.8. The van der Waals surface area contributed by atoms with E-state index in [0.717, 1.165) is 11.3 Å². The molecule has 0 spiro atoms. The van der Waals surface area contributed by atoms with Gasteiger partial charge in [-0.05, 0) is 81.2 Å². The van der Waals surface area contributed by atoms with Gasteiger partial charge in [-0.15, -0.1) is 0 Å². The topological polar surface area (TPSA) is 17.8 Å². The van der Waals surface area contributed by atoms with Gasteiger partial charge in [-0.1, -0.05) is 111 Å². The highest BCUT2D eigenvalue weighted by Gasteiger charge is 2.35. The lowest BCUT2D eigenvalue weighted by molar-refractivity contribution is 0.630. The SMILES string of the molecule is CC1(C)c2ccccc2-n2c3ccc(-c4cccc(-c5nccc6ccccc56)c4)cc3c3cc(-c4ccccc4)cc1c32. The molecule has 1 aliphatic heterocycles. The van der Waals surface area contributed by atoms with Crippen LogP contribution in [0.4, 0.5) is 0 Å². The minimum absolute atomic E-state index is 0.132. The molecule has 44 heavy (non-hydrogen) atoms. The molecule has 0 bridgehead atoms. The predicted octanol–water partition coefficient (Wildman–Crippen LogP) is 11.0. The van der Waals surface area contributed by atoms with Crippen molar-refractivity contribution in [2.75, 3.05) is 0 Å². The molecule has 2 aromatic heterocycles. The van der Waals surface area contributed by atoms with Crippen molar-refractivity contribution >= 4 is 32.6 Å². The van der Waals surface area contributed by atoms with Crippen molar-refractivity contribution in [2.45, 2.75) is 19.3 Å². The van der Waals surface area contributed by atoms with Crippen LogP contribution in [0.5, 0.6) is 0 Å². The largest absolute Gasteiger partial charge is 0.309 e. The maximum Gasteiger partial charge on any atom is 0.0780 e. The Bertz CT molecular complexity index is 2400. The molecule has 0 radical (unpaired) electrons. The summed E-state index contributed by atoms with van der Waals surface area (Å²) >= 11 is 0. The summed E-state index contributed by atoms with van der Waals surface area (Å²) in [5.74, 6) is 0. The summed E-state index contributed by atoms with van der Waals surface area (Å²) in [6.07, 6.45) is 1.91. The third kappa shape index (κ3) is 3.58. The van der Waals surface area contributed by atoms with Crippen molar-refractivity contribution < 1.29 is 0 Å². The van der Waals surface area contributed by atoms with Gasteiger partial charge in [0.15, 0.2) is 0 Å². The van der Waals surface area contributed by atoms with E-state index in [-0.39, 0.29) is 5.41 Å². The smallest absolute Gasteiger partial charge is 0.0780 e. The highest BCUT2D eigenvalue weighted by atomic mass is 15.0. The first-order valence-electron chi connectivity index (χ1n) is 15.3. The number of nitrogens with zero attached hydrogens (tertiary/aromatic N) is 2. The number of hydrogen-bond acceptors (Lipinski definition) is 1. The van der Waals surface area contributed by atoms with Crippen LogP contribution in [-0.4, -0.2) is 9.55 Å². The van der Waals surface area contributed by atoms with Crippen LogP contribution in [-0.2, 0) is 5.41 Å². The van der Waals surface area contributed by atoms with E-state index in [4.69, 9.17) is 4.98 Å². The lowest BCUT2D eigenvalue weighted by atomic mass is 9.74. The van der Waals surface area contributed by atoms with Crippen molar-refractivity contribution in [3.05, 3.63) is 157 Å². The van der Waals surface area contributed by atoms with Crippen LogP contribution in [0, 0.1) is 0 Å². The molecule has 6 aromatic carbocycles. The van der Waals surface area contributed by atoms with E-state index >= 15 is 0 Å². The maximum atomic E-state index is 4.80. The van der Waals surface area contributed by atoms with Crippen LogP contribution in [0.15, 0.2) is 146 Å². The average Bonchev–Trinajstić information content (AvgIpc) is 3.41. The minimum atomic E-state index is -0.132. The molecule has 0 atom stereocenters. The second-order valence-electron chi connectivity index (χ2n) is 12.5. The van der Waals surface area contributed by atoms with Gasteiger partial charge >= 0.3 is 0 Å². The van der Waals surface area contributed by atoms with Crippen molar-refractivity contribution in [1.29, 1.82) is 0 Å². The quantitative estimate of drug-likeness (QED) is 0.209. The molecule has 2 heteroatoms. The maximum absolute atomic E-state index is 4.80. The van der Waals surface area contributed by atoms with Crippen molar-refractivity contribution in [3.63, 3.8) is 0 Å².